The number of ether oxygens (including phenoxy) is 2. The van der Waals surface area contributed by atoms with E-state index in [4.69, 9.17) is 9.47 Å². The Morgan fingerprint density at radius 2 is 1.65 bits per heavy atom. The number of rotatable bonds is 3. The second-order valence-electron chi connectivity index (χ2n) is 7.06. The largest absolute Gasteiger partial charge is 0.347 e. The van der Waals surface area contributed by atoms with Gasteiger partial charge in [-0.3, -0.25) is 9.59 Å². The van der Waals surface area contributed by atoms with Crippen LogP contribution in [0.3, 0.4) is 0 Å². The molecule has 1 saturated carbocycles. The molecule has 0 radical (unpaired) electrons. The van der Waals surface area contributed by atoms with E-state index in [1.54, 1.807) is 4.90 Å². The highest BCUT2D eigenvalue weighted by Crippen LogP contribution is 2.49. The van der Waals surface area contributed by atoms with Crippen molar-refractivity contribution < 1.29 is 27.8 Å². The van der Waals surface area contributed by atoms with Crippen LogP contribution in [0.1, 0.15) is 25.7 Å². The summed E-state index contributed by atoms with van der Waals surface area (Å²) in [5.41, 5.74) is -0.967. The zero-order chi connectivity index (χ0) is 18.4. The molecule has 140 valence electrons. The minimum Gasteiger partial charge on any atom is -0.347 e. The maximum Gasteiger partial charge on any atom is 0.240 e. The number of carbonyl (C=O) groups excluding carboxylic acids is 2. The standard InChI is InChI=1S/C18H20F2N2O4/c19-13-2-1-12(11-14(13)20)21-15(23)17(3-4-17)16(24)22-7-5-18(6-8-22)25-9-10-26-18/h1-2,11H,3-10H2,(H,21,23). The zero-order valence-electron chi connectivity index (χ0n) is 14.2. The van der Waals surface area contributed by atoms with E-state index in [9.17, 15) is 18.4 Å². The van der Waals surface area contributed by atoms with Gasteiger partial charge in [-0.2, -0.15) is 0 Å². The summed E-state index contributed by atoms with van der Waals surface area (Å²) in [7, 11) is 0. The number of likely N-dealkylation sites (tertiary alicyclic amines) is 1. The van der Waals surface area contributed by atoms with E-state index < -0.39 is 28.7 Å². The van der Waals surface area contributed by atoms with Gasteiger partial charge in [-0.05, 0) is 25.0 Å². The van der Waals surface area contributed by atoms with Gasteiger partial charge in [-0.15, -0.1) is 0 Å². The summed E-state index contributed by atoms with van der Waals surface area (Å²) in [5.74, 6) is -3.30. The fourth-order valence-electron chi connectivity index (χ4n) is 3.63. The molecular formula is C18H20F2N2O4. The minimum atomic E-state index is -1.10. The lowest BCUT2D eigenvalue weighted by Gasteiger charge is -2.38. The van der Waals surface area contributed by atoms with Crippen molar-refractivity contribution in [2.45, 2.75) is 31.5 Å². The van der Waals surface area contributed by atoms with Crippen molar-refractivity contribution in [1.82, 2.24) is 4.90 Å². The zero-order valence-corrected chi connectivity index (χ0v) is 14.2. The molecular weight excluding hydrogens is 346 g/mol. The maximum atomic E-state index is 13.3. The van der Waals surface area contributed by atoms with E-state index in [1.807, 2.05) is 0 Å². The average Bonchev–Trinajstić information content (AvgIpc) is 3.34. The quantitative estimate of drug-likeness (QED) is 0.832. The van der Waals surface area contributed by atoms with Gasteiger partial charge in [0, 0.05) is 37.7 Å². The smallest absolute Gasteiger partial charge is 0.240 e. The normalized spacial score (nSPS) is 23.1. The monoisotopic (exact) mass is 366 g/mol. The van der Waals surface area contributed by atoms with Gasteiger partial charge < -0.3 is 19.7 Å². The summed E-state index contributed by atoms with van der Waals surface area (Å²) in [5, 5.41) is 2.54. The first-order valence-electron chi connectivity index (χ1n) is 8.78. The number of carbonyl (C=O) groups is 2. The van der Waals surface area contributed by atoms with Gasteiger partial charge >= 0.3 is 0 Å². The van der Waals surface area contributed by atoms with Gasteiger partial charge in [0.1, 0.15) is 5.41 Å². The Balaban J connectivity index is 1.40. The highest BCUT2D eigenvalue weighted by molar-refractivity contribution is 6.13. The molecule has 0 bridgehead atoms. The third-order valence-corrected chi connectivity index (χ3v) is 5.40. The molecule has 1 aromatic carbocycles. The van der Waals surface area contributed by atoms with Crippen LogP contribution in [0.4, 0.5) is 14.5 Å². The molecule has 26 heavy (non-hydrogen) atoms. The molecule has 2 saturated heterocycles. The molecule has 1 aliphatic carbocycles. The summed E-state index contributed by atoms with van der Waals surface area (Å²) in [4.78, 5) is 27.2. The van der Waals surface area contributed by atoms with Crippen LogP contribution in [0, 0.1) is 17.0 Å². The molecule has 3 fully saturated rings. The summed E-state index contributed by atoms with van der Waals surface area (Å²) >= 11 is 0. The molecule has 2 heterocycles. The van der Waals surface area contributed by atoms with Crippen molar-refractivity contribution in [3.63, 3.8) is 0 Å². The van der Waals surface area contributed by atoms with Crippen molar-refractivity contribution >= 4 is 17.5 Å². The first-order valence-corrected chi connectivity index (χ1v) is 8.78. The molecule has 4 rings (SSSR count). The van der Waals surface area contributed by atoms with Crippen molar-refractivity contribution in [3.05, 3.63) is 29.8 Å². The van der Waals surface area contributed by atoms with Gasteiger partial charge in [-0.25, -0.2) is 8.78 Å². The summed E-state index contributed by atoms with van der Waals surface area (Å²) in [6, 6.07) is 3.13. The van der Waals surface area contributed by atoms with Gasteiger partial charge in [0.2, 0.25) is 11.8 Å². The summed E-state index contributed by atoms with van der Waals surface area (Å²) in [6.45, 7) is 2.07. The van der Waals surface area contributed by atoms with Crippen LogP contribution in [0.25, 0.3) is 0 Å². The number of hydrogen-bond acceptors (Lipinski definition) is 4. The van der Waals surface area contributed by atoms with Gasteiger partial charge in [0.25, 0.3) is 0 Å². The van der Waals surface area contributed by atoms with Gasteiger partial charge in [-0.1, -0.05) is 0 Å². The Hall–Kier alpha value is -2.06. The number of piperidine rings is 1. The molecule has 0 atom stereocenters. The fraction of sp³-hybridized carbons (Fsp3) is 0.556. The fourth-order valence-corrected chi connectivity index (χ4v) is 3.63. The van der Waals surface area contributed by atoms with Crippen LogP contribution in [0.5, 0.6) is 0 Å². The Kier molecular flexibility index (Phi) is 4.19. The number of anilines is 1. The van der Waals surface area contributed by atoms with E-state index in [1.165, 1.54) is 6.07 Å². The Bertz CT molecular complexity index is 735. The minimum absolute atomic E-state index is 0.137. The topological polar surface area (TPSA) is 67.9 Å². The molecule has 1 spiro atoms. The predicted octanol–water partition coefficient (Wildman–Crippen LogP) is 2.05. The first kappa shape index (κ1) is 17.4. The second kappa shape index (κ2) is 6.28. The van der Waals surface area contributed by atoms with E-state index in [2.05, 4.69) is 5.32 Å². The Morgan fingerprint density at radius 1 is 1.00 bits per heavy atom. The van der Waals surface area contributed by atoms with Crippen molar-refractivity contribution in [2.75, 3.05) is 31.6 Å². The second-order valence-corrected chi connectivity index (χ2v) is 7.06. The van der Waals surface area contributed by atoms with Crippen LogP contribution in [0.2, 0.25) is 0 Å². The molecule has 6 nitrogen and oxygen atoms in total. The van der Waals surface area contributed by atoms with Crippen molar-refractivity contribution in [3.8, 4) is 0 Å². The number of amides is 2. The molecule has 0 aromatic heterocycles. The van der Waals surface area contributed by atoms with Crippen molar-refractivity contribution in [1.29, 1.82) is 0 Å². The van der Waals surface area contributed by atoms with Crippen LogP contribution in [0.15, 0.2) is 18.2 Å². The number of nitrogens with zero attached hydrogens (tertiary/aromatic N) is 1. The number of halogens is 2. The molecule has 1 N–H and O–H groups in total. The molecule has 2 amide bonds. The highest BCUT2D eigenvalue weighted by atomic mass is 19.2. The average molecular weight is 366 g/mol. The molecule has 0 unspecified atom stereocenters. The summed E-state index contributed by atoms with van der Waals surface area (Å²) < 4.78 is 37.6. The summed E-state index contributed by atoms with van der Waals surface area (Å²) in [6.07, 6.45) is 2.07. The number of hydrogen-bond donors (Lipinski definition) is 1. The van der Waals surface area contributed by atoms with E-state index in [0.29, 0.717) is 52.0 Å². The number of nitrogens with one attached hydrogen (secondary N) is 1. The highest BCUT2D eigenvalue weighted by Gasteiger charge is 2.58. The Morgan fingerprint density at radius 3 is 2.23 bits per heavy atom. The van der Waals surface area contributed by atoms with Crippen molar-refractivity contribution in [2.24, 2.45) is 5.41 Å². The maximum absolute atomic E-state index is 13.3. The molecule has 3 aliphatic rings. The Labute approximate surface area is 149 Å². The number of benzene rings is 1. The van der Waals surface area contributed by atoms with E-state index in [-0.39, 0.29) is 11.6 Å². The molecule has 8 heteroatoms. The molecule has 1 aromatic rings. The van der Waals surface area contributed by atoms with Crippen LogP contribution in [-0.2, 0) is 19.1 Å². The van der Waals surface area contributed by atoms with Crippen LogP contribution >= 0.6 is 0 Å². The lowest BCUT2D eigenvalue weighted by atomic mass is 9.98. The lowest BCUT2D eigenvalue weighted by molar-refractivity contribution is -0.188. The van der Waals surface area contributed by atoms with Crippen LogP contribution in [-0.4, -0.2) is 48.8 Å². The van der Waals surface area contributed by atoms with Gasteiger partial charge in [0.15, 0.2) is 17.4 Å². The third kappa shape index (κ3) is 2.97. The van der Waals surface area contributed by atoms with E-state index in [0.717, 1.165) is 12.1 Å². The lowest BCUT2D eigenvalue weighted by Crippen LogP contribution is -2.51. The van der Waals surface area contributed by atoms with E-state index >= 15 is 0 Å². The first-order chi connectivity index (χ1) is 12.4. The predicted molar refractivity (Wildman–Crippen MR) is 87.1 cm³/mol. The third-order valence-electron chi connectivity index (χ3n) is 5.40. The van der Waals surface area contributed by atoms with Crippen LogP contribution < -0.4 is 5.32 Å². The SMILES string of the molecule is O=C(Nc1ccc(F)c(F)c1)C1(C(=O)N2CCC3(CC2)OCCO3)CC1. The van der Waals surface area contributed by atoms with Gasteiger partial charge in [0.05, 0.1) is 13.2 Å². The molecule has 2 aliphatic heterocycles.